The third-order valence-corrected chi connectivity index (χ3v) is 3.23. The Balaban J connectivity index is 1.62. The quantitative estimate of drug-likeness (QED) is 0.286. The molecule has 2 aromatic carbocycles. The second kappa shape index (κ2) is 6.69. The van der Waals surface area contributed by atoms with Gasteiger partial charge in [-0.05, 0) is 48.5 Å². The number of nitrogens with one attached hydrogen (secondary N) is 4. The summed E-state index contributed by atoms with van der Waals surface area (Å²) in [5, 5.41) is 6.48. The Morgan fingerprint density at radius 2 is 1.70 bits per heavy atom. The van der Waals surface area contributed by atoms with E-state index in [1.54, 1.807) is 0 Å². The number of guanidine groups is 2. The summed E-state index contributed by atoms with van der Waals surface area (Å²) in [6, 6.07) is 15.1. The Hall–Kier alpha value is -3.22. The van der Waals surface area contributed by atoms with Gasteiger partial charge >= 0.3 is 11.9 Å². The summed E-state index contributed by atoms with van der Waals surface area (Å²) < 4.78 is 5.80. The van der Waals surface area contributed by atoms with Gasteiger partial charge in [0.1, 0.15) is 11.5 Å². The second-order valence-corrected chi connectivity index (χ2v) is 5.08. The lowest BCUT2D eigenvalue weighted by Gasteiger charge is -2.06. The first-order valence-electron chi connectivity index (χ1n) is 7.34. The van der Waals surface area contributed by atoms with Gasteiger partial charge in [-0.2, -0.15) is 0 Å². The highest BCUT2D eigenvalue weighted by atomic mass is 16.5. The molecule has 0 atom stereocenters. The lowest BCUT2D eigenvalue weighted by molar-refractivity contribution is -0.444. The van der Waals surface area contributed by atoms with Crippen molar-refractivity contribution in [2.24, 2.45) is 11.5 Å². The Labute approximate surface area is 134 Å². The van der Waals surface area contributed by atoms with Gasteiger partial charge in [0.25, 0.3) is 0 Å². The van der Waals surface area contributed by atoms with Crippen LogP contribution in [0, 0.1) is 0 Å². The van der Waals surface area contributed by atoms with Crippen LogP contribution in [0.25, 0.3) is 0 Å². The van der Waals surface area contributed by atoms with Crippen LogP contribution in [0.5, 0.6) is 11.5 Å². The minimum atomic E-state index is 0.158. The first kappa shape index (κ1) is 14.7. The van der Waals surface area contributed by atoms with Crippen molar-refractivity contribution in [3.63, 3.8) is 0 Å². The molecule has 0 saturated heterocycles. The molecule has 0 unspecified atom stereocenters. The molecule has 0 aliphatic carbocycles. The summed E-state index contributed by atoms with van der Waals surface area (Å²) in [6.07, 6.45) is 0. The zero-order valence-corrected chi connectivity index (χ0v) is 12.6. The van der Waals surface area contributed by atoms with Crippen LogP contribution in [0.2, 0.25) is 0 Å². The molecule has 0 fully saturated rings. The monoisotopic (exact) mass is 312 g/mol. The average molecular weight is 312 g/mol. The van der Waals surface area contributed by atoms with E-state index < -0.39 is 0 Å². The molecule has 0 amide bonds. The zero-order chi connectivity index (χ0) is 16.1. The predicted molar refractivity (Wildman–Crippen MR) is 89.4 cm³/mol. The second-order valence-electron chi connectivity index (χ2n) is 5.08. The van der Waals surface area contributed by atoms with Crippen molar-refractivity contribution in [2.45, 2.75) is 0 Å². The Bertz CT molecular complexity index is 717. The largest absolute Gasteiger partial charge is 0.457 e. The maximum atomic E-state index is 5.80. The molecule has 0 radical (unpaired) electrons. The van der Waals surface area contributed by atoms with Gasteiger partial charge in [-0.1, -0.05) is 0 Å². The standard InChI is InChI=1S/C16H18N6O/c17-15(18)21-11-1-5-13(6-2-11)23-14-7-3-12(4-8-14)22-16-19-9-10-20-16/h1-8H,9-10H2,(H4,17,18,21)(H2,19,20,22)/p+2. The Morgan fingerprint density at radius 3 is 2.26 bits per heavy atom. The molecule has 0 spiro atoms. The van der Waals surface area contributed by atoms with Crippen molar-refractivity contribution in [3.8, 4) is 11.5 Å². The number of nitrogens with two attached hydrogens (primary N) is 2. The maximum absolute atomic E-state index is 5.80. The molecule has 7 nitrogen and oxygen atoms in total. The average Bonchev–Trinajstić information content (AvgIpc) is 3.04. The summed E-state index contributed by atoms with van der Waals surface area (Å²) >= 11 is 0. The SMILES string of the molecule is NC(N)=[NH+]c1ccc(Oc2ccc(NC3=[NH+]CCN3)cc2)cc1. The summed E-state index contributed by atoms with van der Waals surface area (Å²) in [5.74, 6) is 2.59. The molecule has 1 aliphatic rings. The van der Waals surface area contributed by atoms with E-state index in [0.717, 1.165) is 41.9 Å². The van der Waals surface area contributed by atoms with Crippen molar-refractivity contribution in [1.82, 2.24) is 5.32 Å². The molecule has 1 aliphatic heterocycles. The molecule has 23 heavy (non-hydrogen) atoms. The van der Waals surface area contributed by atoms with Gasteiger partial charge in [0, 0.05) is 0 Å². The van der Waals surface area contributed by atoms with E-state index in [-0.39, 0.29) is 5.96 Å². The van der Waals surface area contributed by atoms with Gasteiger partial charge < -0.3 is 4.74 Å². The van der Waals surface area contributed by atoms with Crippen molar-refractivity contribution < 1.29 is 14.7 Å². The molecule has 1 heterocycles. The van der Waals surface area contributed by atoms with Gasteiger partial charge in [-0.25, -0.2) is 10.3 Å². The van der Waals surface area contributed by atoms with E-state index in [0.29, 0.717) is 0 Å². The van der Waals surface area contributed by atoms with Crippen molar-refractivity contribution in [3.05, 3.63) is 48.5 Å². The van der Waals surface area contributed by atoms with E-state index in [1.165, 1.54) is 0 Å². The lowest BCUT2D eigenvalue weighted by Crippen LogP contribution is -2.72. The number of ether oxygens (including phenoxy) is 1. The Morgan fingerprint density at radius 1 is 1.04 bits per heavy atom. The molecule has 118 valence electrons. The zero-order valence-electron chi connectivity index (χ0n) is 12.6. The lowest BCUT2D eigenvalue weighted by atomic mass is 10.3. The van der Waals surface area contributed by atoms with E-state index in [1.807, 2.05) is 48.5 Å². The van der Waals surface area contributed by atoms with Gasteiger partial charge in [0.15, 0.2) is 0 Å². The molecule has 7 heteroatoms. The van der Waals surface area contributed by atoms with E-state index in [2.05, 4.69) is 20.6 Å². The third-order valence-electron chi connectivity index (χ3n) is 3.23. The number of hydrogen-bond donors (Lipinski definition) is 6. The summed E-state index contributed by atoms with van der Waals surface area (Å²) in [5.41, 5.74) is 12.6. The normalized spacial score (nSPS) is 13.0. The molecule has 2 aromatic rings. The van der Waals surface area contributed by atoms with E-state index >= 15 is 0 Å². The highest BCUT2D eigenvalue weighted by Gasteiger charge is 2.11. The fourth-order valence-electron chi connectivity index (χ4n) is 2.19. The van der Waals surface area contributed by atoms with Crippen LogP contribution in [0.15, 0.2) is 48.5 Å². The fourth-order valence-corrected chi connectivity index (χ4v) is 2.19. The highest BCUT2D eigenvalue weighted by Crippen LogP contribution is 2.23. The topological polar surface area (TPSA) is 113 Å². The first-order valence-corrected chi connectivity index (χ1v) is 7.34. The number of anilines is 1. The van der Waals surface area contributed by atoms with E-state index in [4.69, 9.17) is 16.2 Å². The van der Waals surface area contributed by atoms with Crippen LogP contribution in [0.1, 0.15) is 0 Å². The molecule has 0 aromatic heterocycles. The summed E-state index contributed by atoms with van der Waals surface area (Å²) in [7, 11) is 0. The Kier molecular flexibility index (Phi) is 4.28. The molecular formula is C16H20N6O+2. The van der Waals surface area contributed by atoms with Crippen LogP contribution >= 0.6 is 0 Å². The van der Waals surface area contributed by atoms with Crippen LogP contribution in [0.4, 0.5) is 11.4 Å². The number of rotatable bonds is 4. The predicted octanol–water partition coefficient (Wildman–Crippen LogP) is -2.08. The fraction of sp³-hybridized carbons (Fsp3) is 0.125. The molecule has 0 bridgehead atoms. The van der Waals surface area contributed by atoms with Gasteiger partial charge in [-0.3, -0.25) is 21.8 Å². The van der Waals surface area contributed by atoms with Gasteiger partial charge in [0.2, 0.25) is 0 Å². The minimum absolute atomic E-state index is 0.158. The highest BCUT2D eigenvalue weighted by molar-refractivity contribution is 5.89. The molecule has 0 saturated carbocycles. The van der Waals surface area contributed by atoms with Crippen LogP contribution in [0.3, 0.4) is 0 Å². The van der Waals surface area contributed by atoms with Crippen LogP contribution in [-0.4, -0.2) is 25.0 Å². The summed E-state index contributed by atoms with van der Waals surface area (Å²) in [4.78, 5) is 6.05. The van der Waals surface area contributed by atoms with E-state index in [9.17, 15) is 0 Å². The van der Waals surface area contributed by atoms with Crippen molar-refractivity contribution in [1.29, 1.82) is 0 Å². The first-order chi connectivity index (χ1) is 11.2. The molecule has 8 N–H and O–H groups in total. The third kappa shape index (κ3) is 4.13. The van der Waals surface area contributed by atoms with Gasteiger partial charge in [-0.15, -0.1) is 0 Å². The number of benzene rings is 2. The summed E-state index contributed by atoms with van der Waals surface area (Å²) in [6.45, 7) is 1.86. The maximum Gasteiger partial charge on any atom is 0.348 e. The van der Waals surface area contributed by atoms with Crippen molar-refractivity contribution in [2.75, 3.05) is 18.4 Å². The van der Waals surface area contributed by atoms with Crippen LogP contribution in [-0.2, 0) is 0 Å². The molecular weight excluding hydrogens is 292 g/mol. The van der Waals surface area contributed by atoms with Gasteiger partial charge in [0.05, 0.1) is 24.5 Å². The molecule has 3 rings (SSSR count). The van der Waals surface area contributed by atoms with Crippen molar-refractivity contribution >= 4 is 23.3 Å². The van der Waals surface area contributed by atoms with Crippen LogP contribution < -0.4 is 36.8 Å². The minimum Gasteiger partial charge on any atom is -0.457 e. The number of hydrogen-bond acceptors (Lipinski definition) is 3. The smallest absolute Gasteiger partial charge is 0.348 e.